The maximum absolute atomic E-state index is 13.9. The van der Waals surface area contributed by atoms with Crippen LogP contribution in [0.4, 0.5) is 4.39 Å². The van der Waals surface area contributed by atoms with Crippen LogP contribution in [-0.4, -0.2) is 52.4 Å². The molecule has 2 aromatic rings. The van der Waals surface area contributed by atoms with Gasteiger partial charge in [0, 0.05) is 19.5 Å². The van der Waals surface area contributed by atoms with Gasteiger partial charge in [-0.3, -0.25) is 0 Å². The van der Waals surface area contributed by atoms with E-state index in [9.17, 15) is 12.8 Å². The average Bonchev–Trinajstić information content (AvgIpc) is 3.15. The molecule has 0 N–H and O–H groups in total. The molecule has 2 aliphatic rings. The highest BCUT2D eigenvalue weighted by Gasteiger charge is 2.45. The minimum absolute atomic E-state index is 0.272. The maximum Gasteiger partial charge on any atom is 0.211 e. The number of ether oxygens (including phenoxy) is 1. The molecule has 1 aromatic carbocycles. The standard InChI is InChI=1S/C16H19FN4O3S/c1-25(22,23)20-7-6-16(10-20)11-21-14(18-19-15(21)9-24-16)8-12-4-2-3-5-13(12)17/h2-5H,6-11H2,1H3. The van der Waals surface area contributed by atoms with Crippen molar-refractivity contribution in [1.82, 2.24) is 19.1 Å². The first-order valence-corrected chi connectivity index (χ1v) is 9.95. The lowest BCUT2D eigenvalue weighted by Gasteiger charge is -2.34. The lowest BCUT2D eigenvalue weighted by molar-refractivity contribution is -0.0798. The van der Waals surface area contributed by atoms with Crippen LogP contribution in [0.5, 0.6) is 0 Å². The van der Waals surface area contributed by atoms with E-state index in [0.29, 0.717) is 49.7 Å². The summed E-state index contributed by atoms with van der Waals surface area (Å²) in [6.07, 6.45) is 2.17. The Morgan fingerprint density at radius 2 is 2.08 bits per heavy atom. The Morgan fingerprint density at radius 1 is 1.28 bits per heavy atom. The SMILES string of the molecule is CS(=O)(=O)N1CCC2(C1)Cn1c(nnc1Cc1ccccc1F)CO2. The van der Waals surface area contributed by atoms with Crippen LogP contribution in [0.1, 0.15) is 23.6 Å². The van der Waals surface area contributed by atoms with E-state index in [-0.39, 0.29) is 12.4 Å². The summed E-state index contributed by atoms with van der Waals surface area (Å²) in [6.45, 7) is 1.52. The third kappa shape index (κ3) is 3.07. The molecule has 25 heavy (non-hydrogen) atoms. The summed E-state index contributed by atoms with van der Waals surface area (Å²) in [6, 6.07) is 6.60. The van der Waals surface area contributed by atoms with Gasteiger partial charge in [0.1, 0.15) is 23.8 Å². The molecule has 1 unspecified atom stereocenters. The van der Waals surface area contributed by atoms with Crippen LogP contribution in [0.3, 0.4) is 0 Å². The second-order valence-electron chi connectivity index (χ2n) is 6.71. The molecule has 1 saturated heterocycles. The highest BCUT2D eigenvalue weighted by atomic mass is 32.2. The third-order valence-electron chi connectivity index (χ3n) is 4.91. The number of rotatable bonds is 3. The lowest BCUT2D eigenvalue weighted by Crippen LogP contribution is -2.45. The van der Waals surface area contributed by atoms with Crippen molar-refractivity contribution in [2.24, 2.45) is 0 Å². The van der Waals surface area contributed by atoms with Crippen molar-refractivity contribution in [3.63, 3.8) is 0 Å². The number of benzene rings is 1. The molecule has 0 radical (unpaired) electrons. The van der Waals surface area contributed by atoms with Crippen LogP contribution in [0.25, 0.3) is 0 Å². The summed E-state index contributed by atoms with van der Waals surface area (Å²) < 4.78 is 46.9. The predicted molar refractivity (Wildman–Crippen MR) is 87.8 cm³/mol. The summed E-state index contributed by atoms with van der Waals surface area (Å²) in [5.74, 6) is 1.08. The summed E-state index contributed by atoms with van der Waals surface area (Å²) in [5, 5.41) is 8.33. The molecule has 3 heterocycles. The van der Waals surface area contributed by atoms with E-state index in [1.807, 2.05) is 4.57 Å². The van der Waals surface area contributed by atoms with Gasteiger partial charge < -0.3 is 9.30 Å². The number of hydrogen-bond acceptors (Lipinski definition) is 5. The number of fused-ring (bicyclic) bond motifs is 1. The first-order valence-electron chi connectivity index (χ1n) is 8.10. The number of hydrogen-bond donors (Lipinski definition) is 0. The Hall–Kier alpha value is -1.84. The molecular weight excluding hydrogens is 347 g/mol. The summed E-state index contributed by atoms with van der Waals surface area (Å²) in [7, 11) is -3.24. The molecule has 0 aliphatic carbocycles. The third-order valence-corrected chi connectivity index (χ3v) is 6.16. The fourth-order valence-corrected chi connectivity index (χ4v) is 4.39. The first-order chi connectivity index (χ1) is 11.9. The van der Waals surface area contributed by atoms with Gasteiger partial charge in [-0.2, -0.15) is 4.31 Å². The van der Waals surface area contributed by atoms with Crippen molar-refractivity contribution in [3.8, 4) is 0 Å². The van der Waals surface area contributed by atoms with Gasteiger partial charge in [-0.15, -0.1) is 10.2 Å². The zero-order chi connectivity index (χ0) is 17.7. The number of halogens is 1. The minimum atomic E-state index is -3.24. The van der Waals surface area contributed by atoms with Crippen LogP contribution < -0.4 is 0 Å². The average molecular weight is 366 g/mol. The van der Waals surface area contributed by atoms with Gasteiger partial charge in [0.15, 0.2) is 5.82 Å². The Kier molecular flexibility index (Phi) is 3.89. The van der Waals surface area contributed by atoms with Gasteiger partial charge in [0.05, 0.1) is 12.8 Å². The Labute approximate surface area is 145 Å². The van der Waals surface area contributed by atoms with E-state index in [2.05, 4.69) is 10.2 Å². The topological polar surface area (TPSA) is 77.3 Å². The summed E-state index contributed by atoms with van der Waals surface area (Å²) in [5.41, 5.74) is -0.00922. The van der Waals surface area contributed by atoms with Crippen molar-refractivity contribution in [1.29, 1.82) is 0 Å². The Morgan fingerprint density at radius 3 is 2.80 bits per heavy atom. The molecule has 9 heteroatoms. The van der Waals surface area contributed by atoms with Crippen LogP contribution >= 0.6 is 0 Å². The molecule has 1 fully saturated rings. The van der Waals surface area contributed by atoms with Crippen LogP contribution in [-0.2, 0) is 34.3 Å². The van der Waals surface area contributed by atoms with E-state index in [4.69, 9.17) is 4.74 Å². The quantitative estimate of drug-likeness (QED) is 0.808. The Bertz CT molecular complexity index is 914. The number of aromatic nitrogens is 3. The second-order valence-corrected chi connectivity index (χ2v) is 8.69. The molecule has 0 saturated carbocycles. The van der Waals surface area contributed by atoms with Gasteiger partial charge in [-0.05, 0) is 18.1 Å². The molecule has 134 valence electrons. The van der Waals surface area contributed by atoms with Gasteiger partial charge in [-0.1, -0.05) is 18.2 Å². The number of sulfonamides is 1. The zero-order valence-corrected chi connectivity index (χ0v) is 14.7. The highest BCUT2D eigenvalue weighted by Crippen LogP contribution is 2.33. The van der Waals surface area contributed by atoms with Crippen LogP contribution in [0, 0.1) is 5.82 Å². The van der Waals surface area contributed by atoms with Gasteiger partial charge in [0.25, 0.3) is 0 Å². The molecular formula is C16H19FN4O3S. The molecule has 0 amide bonds. The summed E-state index contributed by atoms with van der Waals surface area (Å²) >= 11 is 0. The van der Waals surface area contributed by atoms with E-state index >= 15 is 0 Å². The largest absolute Gasteiger partial charge is 0.364 e. The van der Waals surface area contributed by atoms with Crippen LogP contribution in [0.15, 0.2) is 24.3 Å². The van der Waals surface area contributed by atoms with Crippen molar-refractivity contribution < 1.29 is 17.5 Å². The van der Waals surface area contributed by atoms with Gasteiger partial charge in [-0.25, -0.2) is 12.8 Å². The molecule has 0 bridgehead atoms. The van der Waals surface area contributed by atoms with Crippen molar-refractivity contribution >= 4 is 10.0 Å². The Balaban J connectivity index is 1.59. The molecule has 7 nitrogen and oxygen atoms in total. The normalized spacial score (nSPS) is 23.9. The van der Waals surface area contributed by atoms with Crippen molar-refractivity contribution in [2.75, 3.05) is 19.3 Å². The second kappa shape index (κ2) is 5.86. The van der Waals surface area contributed by atoms with E-state index in [1.165, 1.54) is 16.6 Å². The van der Waals surface area contributed by atoms with E-state index in [1.54, 1.807) is 18.2 Å². The lowest BCUT2D eigenvalue weighted by atomic mass is 10.0. The minimum Gasteiger partial charge on any atom is -0.364 e. The van der Waals surface area contributed by atoms with Gasteiger partial charge >= 0.3 is 0 Å². The highest BCUT2D eigenvalue weighted by molar-refractivity contribution is 7.88. The molecule has 4 rings (SSSR count). The molecule has 1 atom stereocenters. The summed E-state index contributed by atoms with van der Waals surface area (Å²) in [4.78, 5) is 0. The molecule has 2 aliphatic heterocycles. The van der Waals surface area contributed by atoms with E-state index in [0.717, 1.165) is 0 Å². The zero-order valence-electron chi connectivity index (χ0n) is 13.9. The molecule has 1 aromatic heterocycles. The van der Waals surface area contributed by atoms with Gasteiger partial charge in [0.2, 0.25) is 10.0 Å². The fraction of sp³-hybridized carbons (Fsp3) is 0.500. The smallest absolute Gasteiger partial charge is 0.211 e. The monoisotopic (exact) mass is 366 g/mol. The fourth-order valence-electron chi connectivity index (χ4n) is 3.49. The number of nitrogens with zero attached hydrogens (tertiary/aromatic N) is 4. The first kappa shape index (κ1) is 16.6. The predicted octanol–water partition coefficient (Wildman–Crippen LogP) is 0.942. The molecule has 1 spiro atoms. The van der Waals surface area contributed by atoms with Crippen molar-refractivity contribution in [2.45, 2.75) is 31.6 Å². The van der Waals surface area contributed by atoms with E-state index < -0.39 is 15.6 Å². The van der Waals surface area contributed by atoms with Crippen molar-refractivity contribution in [3.05, 3.63) is 47.3 Å². The maximum atomic E-state index is 13.9. The van der Waals surface area contributed by atoms with Crippen LogP contribution in [0.2, 0.25) is 0 Å².